The van der Waals surface area contributed by atoms with Gasteiger partial charge in [-0.1, -0.05) is 49.8 Å². The highest BCUT2D eigenvalue weighted by molar-refractivity contribution is 6.31. The van der Waals surface area contributed by atoms with Crippen molar-refractivity contribution in [3.63, 3.8) is 0 Å². The molecule has 2 N–H and O–H groups in total. The van der Waals surface area contributed by atoms with Gasteiger partial charge in [-0.15, -0.1) is 0 Å². The van der Waals surface area contributed by atoms with E-state index < -0.39 is 6.04 Å². The molecule has 34 heavy (non-hydrogen) atoms. The molecule has 1 aliphatic carbocycles. The molecule has 176 valence electrons. The summed E-state index contributed by atoms with van der Waals surface area (Å²) in [5.74, 6) is 2.42. The normalized spacial score (nSPS) is 14.9. The van der Waals surface area contributed by atoms with Gasteiger partial charge in [0.1, 0.15) is 23.5 Å². The smallest absolute Gasteiger partial charge is 0.242 e. The van der Waals surface area contributed by atoms with Gasteiger partial charge in [0.2, 0.25) is 5.91 Å². The Morgan fingerprint density at radius 1 is 1.21 bits per heavy atom. The predicted molar refractivity (Wildman–Crippen MR) is 133 cm³/mol. The number of aromatic nitrogens is 3. The second kappa shape index (κ2) is 11.2. The summed E-state index contributed by atoms with van der Waals surface area (Å²) < 4.78 is 1.92. The molecule has 1 aromatic carbocycles. The van der Waals surface area contributed by atoms with Crippen molar-refractivity contribution in [1.82, 2.24) is 19.9 Å². The SMILES string of the molecule is Cc1nc(N[C@H](CC2CCCCC2)C(=O)NCc2ccc(C#N)cc2Cl)cc(-n2cccc2)n1. The maximum absolute atomic E-state index is 13.3. The number of nitrogens with one attached hydrogen (secondary N) is 2. The van der Waals surface area contributed by atoms with Gasteiger partial charge in [0.15, 0.2) is 0 Å². The number of aryl methyl sites for hydroxylation is 1. The maximum atomic E-state index is 13.3. The van der Waals surface area contributed by atoms with E-state index >= 15 is 0 Å². The standard InChI is InChI=1S/C26H29ClN6O/c1-18-30-24(15-25(31-18)33-11-5-6-12-33)32-23(14-19-7-3-2-4-8-19)26(34)29-17-21-10-9-20(16-28)13-22(21)27/h5-6,9-13,15,19,23H,2-4,7-8,14,17H2,1H3,(H,29,34)(H,30,31,32)/t23-/m1/s1. The summed E-state index contributed by atoms with van der Waals surface area (Å²) in [5.41, 5.74) is 1.27. The predicted octanol–water partition coefficient (Wildman–Crippen LogP) is 5.17. The third-order valence-corrected chi connectivity index (χ3v) is 6.61. The van der Waals surface area contributed by atoms with Crippen LogP contribution < -0.4 is 10.6 Å². The molecule has 0 aliphatic heterocycles. The number of halogens is 1. The van der Waals surface area contributed by atoms with Crippen molar-refractivity contribution in [3.8, 4) is 11.9 Å². The molecule has 0 spiro atoms. The van der Waals surface area contributed by atoms with Gasteiger partial charge in [0.05, 0.1) is 11.6 Å². The molecule has 0 bridgehead atoms. The van der Waals surface area contributed by atoms with E-state index in [1.807, 2.05) is 42.1 Å². The van der Waals surface area contributed by atoms with E-state index in [-0.39, 0.29) is 5.91 Å². The Hall–Kier alpha value is -3.37. The largest absolute Gasteiger partial charge is 0.358 e. The van der Waals surface area contributed by atoms with Crippen LogP contribution in [0.1, 0.15) is 55.5 Å². The Labute approximate surface area is 205 Å². The number of amides is 1. The van der Waals surface area contributed by atoms with Crippen molar-refractivity contribution in [2.45, 2.75) is 58.0 Å². The van der Waals surface area contributed by atoms with Crippen LogP contribution in [0.4, 0.5) is 5.82 Å². The summed E-state index contributed by atoms with van der Waals surface area (Å²) >= 11 is 6.30. The molecule has 1 atom stereocenters. The fourth-order valence-electron chi connectivity index (χ4n) is 4.48. The third-order valence-electron chi connectivity index (χ3n) is 6.26. The molecular weight excluding hydrogens is 448 g/mol. The van der Waals surface area contributed by atoms with Gasteiger partial charge in [-0.2, -0.15) is 5.26 Å². The number of hydrogen-bond donors (Lipinski definition) is 2. The van der Waals surface area contributed by atoms with Crippen LogP contribution in [0.3, 0.4) is 0 Å². The van der Waals surface area contributed by atoms with E-state index in [0.717, 1.165) is 30.6 Å². The molecule has 0 radical (unpaired) electrons. The molecule has 1 saturated carbocycles. The van der Waals surface area contributed by atoms with Gasteiger partial charge in [0.25, 0.3) is 0 Å². The number of nitrogens with zero attached hydrogens (tertiary/aromatic N) is 4. The molecule has 1 amide bonds. The molecule has 0 unspecified atom stereocenters. The summed E-state index contributed by atoms with van der Waals surface area (Å²) in [6, 6.07) is 12.5. The van der Waals surface area contributed by atoms with E-state index in [0.29, 0.717) is 34.7 Å². The lowest BCUT2D eigenvalue weighted by molar-refractivity contribution is -0.122. The highest BCUT2D eigenvalue weighted by atomic mass is 35.5. The Kier molecular flexibility index (Phi) is 7.81. The van der Waals surface area contributed by atoms with Crippen LogP contribution in [0.15, 0.2) is 48.8 Å². The Balaban J connectivity index is 1.51. The molecule has 1 fully saturated rings. The molecule has 2 aromatic heterocycles. The van der Waals surface area contributed by atoms with Gasteiger partial charge in [0, 0.05) is 30.0 Å². The second-order valence-corrected chi connectivity index (χ2v) is 9.23. The van der Waals surface area contributed by atoms with Gasteiger partial charge >= 0.3 is 0 Å². The van der Waals surface area contributed by atoms with E-state index in [2.05, 4.69) is 26.7 Å². The lowest BCUT2D eigenvalue weighted by Crippen LogP contribution is -2.41. The lowest BCUT2D eigenvalue weighted by atomic mass is 9.84. The molecule has 2 heterocycles. The van der Waals surface area contributed by atoms with Crippen LogP contribution in [-0.2, 0) is 11.3 Å². The number of anilines is 1. The quantitative estimate of drug-likeness (QED) is 0.467. The van der Waals surface area contributed by atoms with Crippen molar-refractivity contribution in [3.05, 3.63) is 70.8 Å². The molecule has 4 rings (SSSR count). The average Bonchev–Trinajstić information content (AvgIpc) is 3.38. The summed E-state index contributed by atoms with van der Waals surface area (Å²) in [4.78, 5) is 22.4. The zero-order valence-corrected chi connectivity index (χ0v) is 20.1. The van der Waals surface area contributed by atoms with E-state index in [4.69, 9.17) is 16.9 Å². The monoisotopic (exact) mass is 476 g/mol. The molecule has 7 nitrogen and oxygen atoms in total. The van der Waals surface area contributed by atoms with Crippen LogP contribution in [-0.4, -0.2) is 26.5 Å². The molecule has 0 saturated heterocycles. The molecule has 1 aliphatic rings. The lowest BCUT2D eigenvalue weighted by Gasteiger charge is -2.27. The fraction of sp³-hybridized carbons (Fsp3) is 0.385. The summed E-state index contributed by atoms with van der Waals surface area (Å²) in [6.07, 6.45) is 10.6. The average molecular weight is 477 g/mol. The minimum Gasteiger partial charge on any atom is -0.358 e. The number of benzene rings is 1. The minimum atomic E-state index is -0.424. The van der Waals surface area contributed by atoms with Crippen molar-refractivity contribution in [2.75, 3.05) is 5.32 Å². The van der Waals surface area contributed by atoms with Crippen molar-refractivity contribution in [1.29, 1.82) is 5.26 Å². The van der Waals surface area contributed by atoms with Crippen LogP contribution in [0.2, 0.25) is 5.02 Å². The first kappa shape index (κ1) is 23.8. The third kappa shape index (κ3) is 6.15. The van der Waals surface area contributed by atoms with Crippen LogP contribution in [0, 0.1) is 24.2 Å². The van der Waals surface area contributed by atoms with Gasteiger partial charge in [-0.3, -0.25) is 4.79 Å². The number of carbonyl (C=O) groups excluding carboxylic acids is 1. The minimum absolute atomic E-state index is 0.0928. The van der Waals surface area contributed by atoms with E-state index in [9.17, 15) is 4.79 Å². The Morgan fingerprint density at radius 3 is 2.68 bits per heavy atom. The van der Waals surface area contributed by atoms with Crippen LogP contribution in [0.5, 0.6) is 0 Å². The van der Waals surface area contributed by atoms with Gasteiger partial charge < -0.3 is 15.2 Å². The van der Waals surface area contributed by atoms with Crippen LogP contribution in [0.25, 0.3) is 5.82 Å². The fourth-order valence-corrected chi connectivity index (χ4v) is 4.72. The van der Waals surface area contributed by atoms with Crippen molar-refractivity contribution >= 4 is 23.3 Å². The summed E-state index contributed by atoms with van der Waals surface area (Å²) in [5, 5.41) is 15.9. The number of nitriles is 1. The zero-order chi connectivity index (χ0) is 23.9. The highest BCUT2D eigenvalue weighted by Crippen LogP contribution is 2.28. The summed E-state index contributed by atoms with van der Waals surface area (Å²) in [6.45, 7) is 2.14. The number of rotatable bonds is 8. The summed E-state index contributed by atoms with van der Waals surface area (Å²) in [7, 11) is 0. The van der Waals surface area contributed by atoms with E-state index in [1.165, 1.54) is 19.3 Å². The molecular formula is C26H29ClN6O. The Bertz CT molecular complexity index is 1160. The maximum Gasteiger partial charge on any atom is 0.242 e. The number of carbonyl (C=O) groups is 1. The molecule has 8 heteroatoms. The second-order valence-electron chi connectivity index (χ2n) is 8.82. The first-order valence-electron chi connectivity index (χ1n) is 11.7. The van der Waals surface area contributed by atoms with Crippen LogP contribution >= 0.6 is 11.6 Å². The first-order chi connectivity index (χ1) is 16.5. The molecule has 3 aromatic rings. The topological polar surface area (TPSA) is 95.6 Å². The van der Waals surface area contributed by atoms with Gasteiger partial charge in [-0.05, 0) is 49.1 Å². The Morgan fingerprint density at radius 2 is 1.97 bits per heavy atom. The number of hydrogen-bond acceptors (Lipinski definition) is 5. The van der Waals surface area contributed by atoms with E-state index in [1.54, 1.807) is 18.2 Å². The van der Waals surface area contributed by atoms with Gasteiger partial charge in [-0.25, -0.2) is 9.97 Å². The zero-order valence-electron chi connectivity index (χ0n) is 19.3. The highest BCUT2D eigenvalue weighted by Gasteiger charge is 2.25. The first-order valence-corrected chi connectivity index (χ1v) is 12.1. The van der Waals surface area contributed by atoms with Crippen molar-refractivity contribution < 1.29 is 4.79 Å². The van der Waals surface area contributed by atoms with Crippen molar-refractivity contribution in [2.24, 2.45) is 5.92 Å².